The fourth-order valence-corrected chi connectivity index (χ4v) is 5.07. The first-order valence-corrected chi connectivity index (χ1v) is 10.9. The van der Waals surface area contributed by atoms with Crippen LogP contribution in [0.3, 0.4) is 0 Å². The summed E-state index contributed by atoms with van der Waals surface area (Å²) in [7, 11) is 0. The second kappa shape index (κ2) is 6.88. The van der Waals surface area contributed by atoms with E-state index < -0.39 is 6.17 Å². The molecular weight excluding hydrogens is 387 g/mol. The minimum atomic E-state index is -0.667. The Morgan fingerprint density at radius 1 is 0.935 bits per heavy atom. The number of nitrogens with zero attached hydrogens (tertiary/aromatic N) is 2. The molecule has 0 bridgehead atoms. The molecule has 0 amide bonds. The molecule has 0 N–H and O–H groups in total. The van der Waals surface area contributed by atoms with Crippen LogP contribution in [-0.4, -0.2) is 16.1 Å². The fourth-order valence-electron chi connectivity index (χ4n) is 5.07. The van der Waals surface area contributed by atoms with Crippen molar-refractivity contribution in [2.45, 2.75) is 45.2 Å². The average Bonchev–Trinajstić information content (AvgIpc) is 3.35. The molecule has 0 aliphatic heterocycles. The number of pyridine rings is 2. The summed E-state index contributed by atoms with van der Waals surface area (Å²) >= 11 is 0. The van der Waals surface area contributed by atoms with Gasteiger partial charge in [0.25, 0.3) is 0 Å². The molecule has 154 valence electrons. The standard InChI is InChI=1S/C27H23FN2O/c1-15-11-23-22-7-3-16(2)30-27(22)31-26(23)24(12-15)25-21-8-5-17(13-19(21)9-10-29-25)18-4-6-20(28)14-18/h3,5,7-13,18,20H,4,6,14H2,1-2H3. The van der Waals surface area contributed by atoms with Gasteiger partial charge in [-0.25, -0.2) is 9.37 Å². The zero-order chi connectivity index (χ0) is 21.1. The second-order valence-corrected chi connectivity index (χ2v) is 8.84. The van der Waals surface area contributed by atoms with Crippen LogP contribution in [0.5, 0.6) is 0 Å². The molecule has 0 spiro atoms. The number of hydrogen-bond acceptors (Lipinski definition) is 3. The Bertz CT molecular complexity index is 1470. The van der Waals surface area contributed by atoms with E-state index in [-0.39, 0.29) is 0 Å². The predicted molar refractivity (Wildman–Crippen MR) is 123 cm³/mol. The van der Waals surface area contributed by atoms with Gasteiger partial charge in [0.15, 0.2) is 0 Å². The summed E-state index contributed by atoms with van der Waals surface area (Å²) in [5, 5.41) is 4.30. The fraction of sp³-hybridized carbons (Fsp3) is 0.259. The predicted octanol–water partition coefficient (Wildman–Crippen LogP) is 7.42. The molecule has 5 aromatic rings. The minimum Gasteiger partial charge on any atom is -0.437 e. The number of fused-ring (bicyclic) bond motifs is 4. The van der Waals surface area contributed by atoms with Crippen molar-refractivity contribution < 1.29 is 8.81 Å². The maximum absolute atomic E-state index is 13.7. The third-order valence-electron chi connectivity index (χ3n) is 6.61. The number of halogens is 1. The lowest BCUT2D eigenvalue weighted by atomic mass is 9.93. The molecule has 2 atom stereocenters. The summed E-state index contributed by atoms with van der Waals surface area (Å²) in [4.78, 5) is 9.34. The Kier molecular flexibility index (Phi) is 4.10. The first-order valence-electron chi connectivity index (χ1n) is 10.9. The molecule has 3 aromatic heterocycles. The average molecular weight is 410 g/mol. The van der Waals surface area contributed by atoms with Gasteiger partial charge in [0, 0.05) is 33.6 Å². The molecule has 1 aliphatic rings. The largest absolute Gasteiger partial charge is 0.437 e. The van der Waals surface area contributed by atoms with Crippen LogP contribution in [0.15, 0.2) is 59.1 Å². The van der Waals surface area contributed by atoms with Crippen LogP contribution in [0.2, 0.25) is 0 Å². The quantitative estimate of drug-likeness (QED) is 0.304. The number of rotatable bonds is 2. The van der Waals surface area contributed by atoms with Crippen molar-refractivity contribution in [2.24, 2.45) is 0 Å². The van der Waals surface area contributed by atoms with Crippen LogP contribution >= 0.6 is 0 Å². The molecule has 6 rings (SSSR count). The molecule has 2 aromatic carbocycles. The molecule has 1 aliphatic carbocycles. The highest BCUT2D eigenvalue weighted by Crippen LogP contribution is 2.40. The summed E-state index contributed by atoms with van der Waals surface area (Å²) in [5.41, 5.74) is 6.68. The van der Waals surface area contributed by atoms with Crippen LogP contribution in [0, 0.1) is 13.8 Å². The topological polar surface area (TPSA) is 38.9 Å². The van der Waals surface area contributed by atoms with E-state index >= 15 is 0 Å². The summed E-state index contributed by atoms with van der Waals surface area (Å²) in [6.07, 6.45) is 3.42. The Morgan fingerprint density at radius 3 is 2.65 bits per heavy atom. The zero-order valence-corrected chi connectivity index (χ0v) is 17.7. The van der Waals surface area contributed by atoms with Crippen LogP contribution in [0.1, 0.15) is 42.0 Å². The van der Waals surface area contributed by atoms with Crippen molar-refractivity contribution >= 4 is 32.8 Å². The number of furan rings is 1. The summed E-state index contributed by atoms with van der Waals surface area (Å²) in [5.74, 6) is 0.311. The van der Waals surface area contributed by atoms with E-state index in [1.54, 1.807) is 0 Å². The monoisotopic (exact) mass is 410 g/mol. The molecule has 1 fully saturated rings. The Labute approximate surface area is 179 Å². The third kappa shape index (κ3) is 3.01. The van der Waals surface area contributed by atoms with E-state index in [0.717, 1.165) is 56.1 Å². The highest BCUT2D eigenvalue weighted by Gasteiger charge is 2.26. The van der Waals surface area contributed by atoms with Gasteiger partial charge in [-0.05, 0) is 85.9 Å². The Balaban J connectivity index is 1.57. The summed E-state index contributed by atoms with van der Waals surface area (Å²) in [6.45, 7) is 4.07. The van der Waals surface area contributed by atoms with E-state index in [2.05, 4.69) is 48.3 Å². The van der Waals surface area contributed by atoms with E-state index in [0.29, 0.717) is 24.5 Å². The highest BCUT2D eigenvalue weighted by atomic mass is 19.1. The van der Waals surface area contributed by atoms with Crippen LogP contribution < -0.4 is 0 Å². The normalized spacial score (nSPS) is 19.1. The molecular formula is C27H23FN2O. The zero-order valence-electron chi connectivity index (χ0n) is 17.7. The van der Waals surface area contributed by atoms with Crippen molar-refractivity contribution in [1.82, 2.24) is 9.97 Å². The number of alkyl halides is 1. The SMILES string of the molecule is Cc1cc(-c2nccc3cc(C4CCC(F)C4)ccc23)c2oc3nc(C)ccc3c2c1. The summed E-state index contributed by atoms with van der Waals surface area (Å²) < 4.78 is 20.0. The molecule has 4 heteroatoms. The van der Waals surface area contributed by atoms with Gasteiger partial charge in [-0.15, -0.1) is 0 Å². The first kappa shape index (κ1) is 18.5. The van der Waals surface area contributed by atoms with Crippen LogP contribution in [-0.2, 0) is 0 Å². The first-order chi connectivity index (χ1) is 15.1. The van der Waals surface area contributed by atoms with Gasteiger partial charge in [-0.2, -0.15) is 0 Å². The van der Waals surface area contributed by atoms with Crippen LogP contribution in [0.4, 0.5) is 4.39 Å². The van der Waals surface area contributed by atoms with Gasteiger partial charge in [-0.1, -0.05) is 18.2 Å². The van der Waals surface area contributed by atoms with Crippen molar-refractivity contribution in [3.8, 4) is 11.3 Å². The lowest BCUT2D eigenvalue weighted by molar-refractivity contribution is 0.339. The Hall–Kier alpha value is -3.27. The van der Waals surface area contributed by atoms with Crippen molar-refractivity contribution in [2.75, 3.05) is 0 Å². The van der Waals surface area contributed by atoms with Gasteiger partial charge in [0.05, 0.1) is 5.69 Å². The molecule has 0 radical (unpaired) electrons. The second-order valence-electron chi connectivity index (χ2n) is 8.84. The van der Waals surface area contributed by atoms with E-state index in [9.17, 15) is 4.39 Å². The molecule has 0 saturated heterocycles. The Morgan fingerprint density at radius 2 is 1.81 bits per heavy atom. The number of aromatic nitrogens is 2. The van der Waals surface area contributed by atoms with E-state index in [4.69, 9.17) is 9.40 Å². The lowest BCUT2D eigenvalue weighted by Gasteiger charge is -2.13. The number of hydrogen-bond donors (Lipinski definition) is 0. The third-order valence-corrected chi connectivity index (χ3v) is 6.61. The van der Waals surface area contributed by atoms with Gasteiger partial charge < -0.3 is 4.42 Å². The van der Waals surface area contributed by atoms with Gasteiger partial charge in [0.2, 0.25) is 5.71 Å². The molecule has 31 heavy (non-hydrogen) atoms. The smallest absolute Gasteiger partial charge is 0.227 e. The van der Waals surface area contributed by atoms with Crippen molar-refractivity contribution in [3.63, 3.8) is 0 Å². The maximum atomic E-state index is 13.7. The number of aryl methyl sites for hydroxylation is 2. The summed E-state index contributed by atoms with van der Waals surface area (Å²) in [6, 6.07) is 16.9. The molecule has 1 saturated carbocycles. The van der Waals surface area contributed by atoms with Gasteiger partial charge in [0.1, 0.15) is 11.8 Å². The van der Waals surface area contributed by atoms with Crippen molar-refractivity contribution in [3.05, 3.63) is 71.5 Å². The molecule has 2 unspecified atom stereocenters. The van der Waals surface area contributed by atoms with Gasteiger partial charge >= 0.3 is 0 Å². The minimum absolute atomic E-state index is 0.311. The number of benzene rings is 2. The van der Waals surface area contributed by atoms with Crippen LogP contribution in [0.25, 0.3) is 44.1 Å². The van der Waals surface area contributed by atoms with E-state index in [1.807, 2.05) is 25.3 Å². The highest BCUT2D eigenvalue weighted by molar-refractivity contribution is 6.11. The molecule has 3 nitrogen and oxygen atoms in total. The lowest BCUT2D eigenvalue weighted by Crippen LogP contribution is -1.96. The maximum Gasteiger partial charge on any atom is 0.227 e. The van der Waals surface area contributed by atoms with Gasteiger partial charge in [-0.3, -0.25) is 4.98 Å². The molecule has 3 heterocycles. The van der Waals surface area contributed by atoms with Crippen molar-refractivity contribution in [1.29, 1.82) is 0 Å². The van der Waals surface area contributed by atoms with E-state index in [1.165, 1.54) is 5.56 Å².